The van der Waals surface area contributed by atoms with Crippen molar-refractivity contribution in [3.63, 3.8) is 0 Å². The molecule has 1 aliphatic rings. The van der Waals surface area contributed by atoms with E-state index in [0.717, 1.165) is 36.6 Å². The number of anilines is 1. The quantitative estimate of drug-likeness (QED) is 0.508. The second kappa shape index (κ2) is 7.60. The fourth-order valence-electron chi connectivity index (χ4n) is 3.97. The number of fused-ring (bicyclic) bond motifs is 1. The van der Waals surface area contributed by atoms with Crippen LogP contribution in [0.2, 0.25) is 0 Å². The fourth-order valence-corrected chi connectivity index (χ4v) is 3.97. The molecule has 1 aromatic carbocycles. The van der Waals surface area contributed by atoms with Crippen molar-refractivity contribution >= 4 is 22.5 Å². The van der Waals surface area contributed by atoms with Crippen LogP contribution in [0.1, 0.15) is 54.8 Å². The van der Waals surface area contributed by atoms with Crippen molar-refractivity contribution in [3.8, 4) is 5.75 Å². The van der Waals surface area contributed by atoms with Gasteiger partial charge in [-0.1, -0.05) is 0 Å². The Kier molecular flexibility index (Phi) is 5.11. The van der Waals surface area contributed by atoms with E-state index in [4.69, 9.17) is 4.74 Å². The highest BCUT2D eigenvalue weighted by atomic mass is 16.5. The van der Waals surface area contributed by atoms with E-state index >= 15 is 0 Å². The van der Waals surface area contributed by atoms with Crippen LogP contribution < -0.4 is 14.8 Å². The highest BCUT2D eigenvalue weighted by molar-refractivity contribution is 6.04. The molecule has 0 saturated heterocycles. The molecule has 0 aliphatic heterocycles. The molecule has 30 heavy (non-hydrogen) atoms. The van der Waals surface area contributed by atoms with Gasteiger partial charge in [-0.15, -0.1) is 0 Å². The smallest absolute Gasteiger partial charge is 0.321 e. The van der Waals surface area contributed by atoms with E-state index in [-0.39, 0.29) is 11.7 Å². The monoisotopic (exact) mass is 410 g/mol. The van der Waals surface area contributed by atoms with Crippen molar-refractivity contribution in [1.82, 2.24) is 9.78 Å². The summed E-state index contributed by atoms with van der Waals surface area (Å²) >= 11 is 0. The number of carbonyl (C=O) groups is 1. The fraction of sp³-hybridized carbons (Fsp3) is 0.409. The highest BCUT2D eigenvalue weighted by Crippen LogP contribution is 2.36. The van der Waals surface area contributed by atoms with E-state index in [1.165, 1.54) is 13.2 Å². The minimum absolute atomic E-state index is 0.0158. The van der Waals surface area contributed by atoms with Gasteiger partial charge in [0.05, 0.1) is 30.0 Å². The predicted octanol–water partition coefficient (Wildman–Crippen LogP) is 3.11. The number of aliphatic hydroxyl groups is 1. The summed E-state index contributed by atoms with van der Waals surface area (Å²) in [5.41, 5.74) is 1.09. The van der Waals surface area contributed by atoms with Crippen LogP contribution >= 0.6 is 0 Å². The van der Waals surface area contributed by atoms with Crippen molar-refractivity contribution in [2.24, 2.45) is 0 Å². The van der Waals surface area contributed by atoms with E-state index in [1.807, 2.05) is 17.8 Å². The molecule has 0 unspecified atom stereocenters. The Morgan fingerprint density at radius 3 is 2.80 bits per heavy atom. The molecule has 2 heterocycles. The summed E-state index contributed by atoms with van der Waals surface area (Å²) in [5, 5.41) is 30.7. The summed E-state index contributed by atoms with van der Waals surface area (Å²) in [6, 6.07) is 8.62. The van der Waals surface area contributed by atoms with Gasteiger partial charge in [-0.2, -0.15) is 9.83 Å². The summed E-state index contributed by atoms with van der Waals surface area (Å²) in [6.45, 7) is 3.53. The first-order valence-electron chi connectivity index (χ1n) is 10.1. The molecule has 0 spiro atoms. The first-order chi connectivity index (χ1) is 14.3. The Morgan fingerprint density at radius 2 is 2.10 bits per heavy atom. The summed E-state index contributed by atoms with van der Waals surface area (Å²) in [4.78, 5) is 12.7. The average Bonchev–Trinajstić information content (AvgIpc) is 3.12. The maximum absolute atomic E-state index is 12.7. The largest absolute Gasteiger partial charge is 0.618 e. The SMILES string of the molecule is COc1cc2nn(C3CCC(C)(O)CC3)cc2cc1NC(=O)c1cccc(C)[n+]1[O-]. The maximum atomic E-state index is 12.7. The zero-order chi connectivity index (χ0) is 21.5. The zero-order valence-corrected chi connectivity index (χ0v) is 17.4. The molecule has 3 aromatic rings. The van der Waals surface area contributed by atoms with Gasteiger partial charge in [-0.25, -0.2) is 0 Å². The molecule has 0 radical (unpaired) electrons. The molecule has 1 amide bonds. The van der Waals surface area contributed by atoms with Crippen LogP contribution in [0.15, 0.2) is 36.5 Å². The third-order valence-corrected chi connectivity index (χ3v) is 5.86. The summed E-state index contributed by atoms with van der Waals surface area (Å²) in [5.74, 6) is -0.0361. The van der Waals surface area contributed by atoms with Gasteiger partial charge in [-0.05, 0) is 44.7 Å². The molecule has 0 atom stereocenters. The van der Waals surface area contributed by atoms with Crippen molar-refractivity contribution in [3.05, 3.63) is 53.1 Å². The molecule has 0 bridgehead atoms. The van der Waals surface area contributed by atoms with Crippen LogP contribution in [0.25, 0.3) is 10.9 Å². The Hall–Kier alpha value is -3.13. The van der Waals surface area contributed by atoms with E-state index in [9.17, 15) is 15.1 Å². The van der Waals surface area contributed by atoms with Gasteiger partial charge in [0, 0.05) is 36.7 Å². The first kappa shape index (κ1) is 20.2. The molecular weight excluding hydrogens is 384 g/mol. The number of hydrogen-bond acceptors (Lipinski definition) is 5. The predicted molar refractivity (Wildman–Crippen MR) is 113 cm³/mol. The van der Waals surface area contributed by atoms with Crippen molar-refractivity contribution < 1.29 is 19.4 Å². The molecule has 4 rings (SSSR count). The third kappa shape index (κ3) is 3.82. The van der Waals surface area contributed by atoms with Gasteiger partial charge in [0.2, 0.25) is 0 Å². The number of carbonyl (C=O) groups excluding carboxylic acids is 1. The maximum Gasteiger partial charge on any atom is 0.321 e. The Bertz CT molecular complexity index is 1100. The number of aromatic nitrogens is 3. The topological polar surface area (TPSA) is 103 Å². The molecule has 2 aromatic heterocycles. The number of aryl methyl sites for hydroxylation is 1. The van der Waals surface area contributed by atoms with Gasteiger partial charge in [-0.3, -0.25) is 9.48 Å². The summed E-state index contributed by atoms with van der Waals surface area (Å²) in [7, 11) is 1.53. The van der Waals surface area contributed by atoms with E-state index < -0.39 is 11.5 Å². The lowest BCUT2D eigenvalue weighted by molar-refractivity contribution is -0.614. The Balaban J connectivity index is 1.62. The van der Waals surface area contributed by atoms with Crippen LogP contribution in [-0.2, 0) is 0 Å². The molecule has 1 aliphatic carbocycles. The van der Waals surface area contributed by atoms with Crippen LogP contribution in [-0.4, -0.2) is 33.5 Å². The van der Waals surface area contributed by atoms with Crippen LogP contribution in [0, 0.1) is 12.1 Å². The number of hydrogen-bond donors (Lipinski definition) is 2. The number of nitrogens with zero attached hydrogens (tertiary/aromatic N) is 3. The number of pyridine rings is 1. The number of ether oxygens (including phenoxy) is 1. The molecule has 158 valence electrons. The van der Waals surface area contributed by atoms with Gasteiger partial charge in [0.1, 0.15) is 5.75 Å². The second-order valence-electron chi connectivity index (χ2n) is 8.25. The lowest BCUT2D eigenvalue weighted by Gasteiger charge is -2.33. The molecule has 8 nitrogen and oxygen atoms in total. The molecule has 1 fully saturated rings. The number of nitrogens with one attached hydrogen (secondary N) is 1. The molecule has 2 N–H and O–H groups in total. The highest BCUT2D eigenvalue weighted by Gasteiger charge is 2.30. The van der Waals surface area contributed by atoms with Crippen LogP contribution in [0.5, 0.6) is 5.75 Å². The van der Waals surface area contributed by atoms with E-state index in [1.54, 1.807) is 31.2 Å². The lowest BCUT2D eigenvalue weighted by Crippen LogP contribution is -2.39. The second-order valence-corrected chi connectivity index (χ2v) is 8.25. The Labute approximate surface area is 174 Å². The standard InChI is InChI=1S/C22H26N4O4/c1-14-5-4-6-19(26(14)29)21(27)23-18-11-15-13-25(24-17(15)12-20(18)30-3)16-7-9-22(2,28)10-8-16/h4-6,11-13,16,28H,7-10H2,1-3H3,(H,23,27). The van der Waals surface area contributed by atoms with E-state index in [2.05, 4.69) is 10.4 Å². The van der Waals surface area contributed by atoms with Gasteiger partial charge in [0.25, 0.3) is 5.69 Å². The average molecular weight is 410 g/mol. The van der Waals surface area contributed by atoms with Crippen molar-refractivity contribution in [1.29, 1.82) is 0 Å². The van der Waals surface area contributed by atoms with E-state index in [0.29, 0.717) is 21.9 Å². The summed E-state index contributed by atoms with van der Waals surface area (Å²) in [6.07, 6.45) is 5.15. The minimum atomic E-state index is -0.599. The first-order valence-corrected chi connectivity index (χ1v) is 10.1. The zero-order valence-electron chi connectivity index (χ0n) is 17.4. The summed E-state index contributed by atoms with van der Waals surface area (Å²) < 4.78 is 7.99. The number of rotatable bonds is 4. The molecule has 8 heteroatoms. The number of methoxy groups -OCH3 is 1. The molecular formula is C22H26N4O4. The Morgan fingerprint density at radius 1 is 1.37 bits per heavy atom. The third-order valence-electron chi connectivity index (χ3n) is 5.86. The number of amides is 1. The van der Waals surface area contributed by atoms with Crippen LogP contribution in [0.4, 0.5) is 5.69 Å². The number of benzene rings is 1. The minimum Gasteiger partial charge on any atom is -0.618 e. The van der Waals surface area contributed by atoms with Gasteiger partial charge < -0.3 is 20.4 Å². The van der Waals surface area contributed by atoms with Crippen molar-refractivity contribution in [2.45, 2.75) is 51.2 Å². The molecule has 1 saturated carbocycles. The van der Waals surface area contributed by atoms with Crippen LogP contribution in [0.3, 0.4) is 0 Å². The van der Waals surface area contributed by atoms with Gasteiger partial charge in [0.15, 0.2) is 5.69 Å². The van der Waals surface area contributed by atoms with Gasteiger partial charge >= 0.3 is 5.91 Å². The lowest BCUT2D eigenvalue weighted by atomic mass is 9.84. The normalized spacial score (nSPS) is 21.5. The van der Waals surface area contributed by atoms with Crippen molar-refractivity contribution in [2.75, 3.05) is 12.4 Å².